The summed E-state index contributed by atoms with van der Waals surface area (Å²) in [6.07, 6.45) is 6.92. The van der Waals surface area contributed by atoms with Crippen molar-refractivity contribution >= 4 is 35.0 Å². The van der Waals surface area contributed by atoms with Crippen LogP contribution in [0, 0.1) is 31.7 Å². The second kappa shape index (κ2) is 13.7. The molecule has 0 saturated carbocycles. The summed E-state index contributed by atoms with van der Waals surface area (Å²) in [7, 11) is 0. The summed E-state index contributed by atoms with van der Waals surface area (Å²) in [4.78, 5) is 9.49. The van der Waals surface area contributed by atoms with Gasteiger partial charge in [0.1, 0.15) is 12.1 Å². The third kappa shape index (κ3) is 9.12. The predicted molar refractivity (Wildman–Crippen MR) is 128 cm³/mol. The Bertz CT molecular complexity index is 881. The van der Waals surface area contributed by atoms with Gasteiger partial charge in [0.2, 0.25) is 0 Å². The molecule has 2 atom stereocenters. The number of benzene rings is 2. The van der Waals surface area contributed by atoms with Crippen molar-refractivity contribution in [1.29, 1.82) is 0 Å². The first-order chi connectivity index (χ1) is 13.9. The van der Waals surface area contributed by atoms with E-state index in [1.54, 1.807) is 6.33 Å². The summed E-state index contributed by atoms with van der Waals surface area (Å²) < 4.78 is 0. The van der Waals surface area contributed by atoms with Gasteiger partial charge in [-0.2, -0.15) is 29.7 Å². The Kier molecular flexibility index (Phi) is 12.2. The van der Waals surface area contributed by atoms with Crippen molar-refractivity contribution in [2.75, 3.05) is 5.32 Å². The van der Waals surface area contributed by atoms with Crippen molar-refractivity contribution in [3.8, 4) is 0 Å². The van der Waals surface area contributed by atoms with Gasteiger partial charge in [-0.3, -0.25) is 0 Å². The normalized spacial score (nSPS) is 12.3. The summed E-state index contributed by atoms with van der Waals surface area (Å²) in [5, 5.41) is 4.30. The number of nitrogens with one attached hydrogen (secondary N) is 1. The molecule has 0 aliphatic heterocycles. The van der Waals surface area contributed by atoms with Gasteiger partial charge in [0, 0.05) is 10.6 Å². The van der Waals surface area contributed by atoms with E-state index in [9.17, 15) is 0 Å². The van der Waals surface area contributed by atoms with Crippen molar-refractivity contribution < 1.29 is 18.6 Å². The molecule has 0 bridgehead atoms. The molecule has 0 amide bonds. The van der Waals surface area contributed by atoms with Gasteiger partial charge in [-0.1, -0.05) is 58.8 Å². The van der Waals surface area contributed by atoms with E-state index >= 15 is 0 Å². The van der Waals surface area contributed by atoms with Crippen molar-refractivity contribution in [2.45, 2.75) is 58.3 Å². The fourth-order valence-corrected chi connectivity index (χ4v) is 3.06. The number of anilines is 2. The molecule has 1 heterocycles. The standard InChI is InChI=1S/C15H12N3S.C10H21.V/c1-10-2-7-14-13(8-10)15(17-9-16-14)18-11-3-5-12(19)6-4-11;1-5-10(4)8-6-7-9(2)3;/h3-9,19H,1H3,(H,16,17,18);9-10H,2,5-8H2,1,3-4H3;/q2*-1;+2. The number of thiol groups is 1. The van der Waals surface area contributed by atoms with Crippen LogP contribution in [-0.2, 0) is 18.6 Å². The summed E-state index contributed by atoms with van der Waals surface area (Å²) in [5.74, 6) is 2.36. The Morgan fingerprint density at radius 3 is 2.47 bits per heavy atom. The molecular formula is C25H33N3SV. The number of nitrogens with zero attached hydrogens (tertiary/aromatic N) is 2. The molecule has 3 aromatic rings. The van der Waals surface area contributed by atoms with Crippen LogP contribution in [0.4, 0.5) is 11.5 Å². The predicted octanol–water partition coefficient (Wildman–Crippen LogP) is 7.44. The van der Waals surface area contributed by atoms with Crippen LogP contribution in [0.25, 0.3) is 10.9 Å². The van der Waals surface area contributed by atoms with E-state index in [-0.39, 0.29) is 18.6 Å². The average molecular weight is 459 g/mol. The van der Waals surface area contributed by atoms with E-state index < -0.39 is 0 Å². The Morgan fingerprint density at radius 1 is 1.13 bits per heavy atom. The molecule has 0 saturated heterocycles. The van der Waals surface area contributed by atoms with Crippen LogP contribution in [0.15, 0.2) is 47.6 Å². The van der Waals surface area contributed by atoms with E-state index in [1.165, 1.54) is 25.7 Å². The molecule has 2 aromatic carbocycles. The minimum absolute atomic E-state index is 0. The molecule has 159 valence electrons. The number of aryl methyl sites for hydroxylation is 1. The maximum atomic E-state index is 4.31. The van der Waals surface area contributed by atoms with Gasteiger partial charge in [0.05, 0.1) is 0 Å². The zero-order chi connectivity index (χ0) is 21.2. The first kappa shape index (κ1) is 26.5. The number of hydrogen-bond donors (Lipinski definition) is 2. The largest absolute Gasteiger partial charge is 2.00 e. The zero-order valence-electron chi connectivity index (χ0n) is 18.5. The Labute approximate surface area is 199 Å². The Balaban J connectivity index is 0.000000354. The van der Waals surface area contributed by atoms with Crippen LogP contribution < -0.4 is 5.32 Å². The smallest absolute Gasteiger partial charge is 0.341 e. The molecule has 1 aromatic heterocycles. The van der Waals surface area contributed by atoms with E-state index in [4.69, 9.17) is 0 Å². The maximum absolute atomic E-state index is 4.31. The third-order valence-electron chi connectivity index (χ3n) is 4.93. The van der Waals surface area contributed by atoms with Crippen molar-refractivity contribution in [2.24, 2.45) is 11.8 Å². The van der Waals surface area contributed by atoms with Crippen LogP contribution in [0.3, 0.4) is 0 Å². The van der Waals surface area contributed by atoms with Gasteiger partial charge in [-0.05, 0) is 35.7 Å². The summed E-state index contributed by atoms with van der Waals surface area (Å²) in [6.45, 7) is 12.7. The molecule has 0 aliphatic rings. The Hall–Kier alpha value is -1.49. The number of fused-ring (bicyclic) bond motifs is 1. The maximum Gasteiger partial charge on any atom is 2.00 e. The molecule has 3 rings (SSSR count). The Morgan fingerprint density at radius 2 is 1.83 bits per heavy atom. The van der Waals surface area contributed by atoms with Gasteiger partial charge in [0.25, 0.3) is 0 Å². The second-order valence-electron chi connectivity index (χ2n) is 7.86. The SMILES string of the molecule is Cc1[c-]cc2ncnc(Nc3ccc(S)cc3)c2c1.[CH2-]C(C)CCCC(C)CC.[V+2]. The van der Waals surface area contributed by atoms with E-state index in [0.29, 0.717) is 5.92 Å². The number of rotatable bonds is 7. The van der Waals surface area contributed by atoms with Gasteiger partial charge in [-0.25, -0.2) is 4.98 Å². The summed E-state index contributed by atoms with van der Waals surface area (Å²) in [5.41, 5.74) is 2.92. The van der Waals surface area contributed by atoms with E-state index in [0.717, 1.165) is 38.8 Å². The molecule has 5 heteroatoms. The summed E-state index contributed by atoms with van der Waals surface area (Å²) in [6, 6.07) is 14.9. The molecule has 1 N–H and O–H groups in total. The molecule has 0 aliphatic carbocycles. The molecule has 0 fully saturated rings. The third-order valence-corrected chi connectivity index (χ3v) is 5.23. The monoisotopic (exact) mass is 458 g/mol. The fraction of sp³-hybridized carbons (Fsp3) is 0.400. The topological polar surface area (TPSA) is 37.8 Å². The fourth-order valence-electron chi connectivity index (χ4n) is 2.91. The first-order valence-corrected chi connectivity index (χ1v) is 10.9. The van der Waals surface area contributed by atoms with Crippen LogP contribution in [0.5, 0.6) is 0 Å². The number of hydrogen-bond acceptors (Lipinski definition) is 4. The minimum Gasteiger partial charge on any atom is -0.341 e. The molecule has 2 unspecified atom stereocenters. The molecule has 1 radical (unpaired) electrons. The zero-order valence-corrected chi connectivity index (χ0v) is 20.8. The van der Waals surface area contributed by atoms with Gasteiger partial charge in [0.15, 0.2) is 0 Å². The van der Waals surface area contributed by atoms with Crippen LogP contribution in [-0.4, -0.2) is 9.97 Å². The van der Waals surface area contributed by atoms with Crippen LogP contribution >= 0.6 is 12.6 Å². The minimum atomic E-state index is 0. The van der Waals surface area contributed by atoms with Crippen LogP contribution in [0.2, 0.25) is 0 Å². The van der Waals surface area contributed by atoms with Crippen molar-refractivity contribution in [1.82, 2.24) is 9.97 Å². The van der Waals surface area contributed by atoms with Crippen molar-refractivity contribution in [3.05, 3.63) is 61.3 Å². The van der Waals surface area contributed by atoms with E-state index in [1.807, 2.05) is 43.3 Å². The molecule has 3 nitrogen and oxygen atoms in total. The number of aromatic nitrogens is 2. The van der Waals surface area contributed by atoms with Crippen LogP contribution in [0.1, 0.15) is 52.0 Å². The van der Waals surface area contributed by atoms with Gasteiger partial charge < -0.3 is 17.2 Å². The quantitative estimate of drug-likeness (QED) is 0.285. The second-order valence-corrected chi connectivity index (χ2v) is 8.37. The molecular weight excluding hydrogens is 425 g/mol. The van der Waals surface area contributed by atoms with Crippen molar-refractivity contribution in [3.63, 3.8) is 0 Å². The van der Waals surface area contributed by atoms with E-state index in [2.05, 4.69) is 61.7 Å². The van der Waals surface area contributed by atoms with Gasteiger partial charge in [-0.15, -0.1) is 12.6 Å². The average Bonchev–Trinajstić information content (AvgIpc) is 2.70. The molecule has 0 spiro atoms. The summed E-state index contributed by atoms with van der Waals surface area (Å²) >= 11 is 4.27. The molecule has 30 heavy (non-hydrogen) atoms. The first-order valence-electron chi connectivity index (χ1n) is 10.4. The van der Waals surface area contributed by atoms with Gasteiger partial charge >= 0.3 is 18.6 Å².